The van der Waals surface area contributed by atoms with E-state index in [9.17, 15) is 14.4 Å². The molecule has 0 aromatic heterocycles. The molecule has 1 fully saturated rings. The van der Waals surface area contributed by atoms with Gasteiger partial charge in [-0.2, -0.15) is 0 Å². The number of benzene rings is 3. The Balaban J connectivity index is 1.49. The normalized spacial score (nSPS) is 22.0. The van der Waals surface area contributed by atoms with Gasteiger partial charge in [-0.25, -0.2) is 5.48 Å². The molecule has 3 aromatic carbocycles. The molecule has 220 valence electrons. The number of fused-ring (bicyclic) bond motifs is 1. The van der Waals surface area contributed by atoms with Crippen LogP contribution in [0.2, 0.25) is 10.0 Å². The summed E-state index contributed by atoms with van der Waals surface area (Å²) in [6.45, 7) is 0.0763. The quantitative estimate of drug-likeness (QED) is 0.269. The second-order valence-corrected chi connectivity index (χ2v) is 11.6. The third-order valence-corrected chi connectivity index (χ3v) is 8.75. The van der Waals surface area contributed by atoms with Gasteiger partial charge in [0.2, 0.25) is 0 Å². The number of amides is 2. The molecular weight excluding hydrogens is 577 g/mol. The number of hydrogen-bond acceptors (Lipinski definition) is 5. The van der Waals surface area contributed by atoms with Gasteiger partial charge >= 0.3 is 5.97 Å². The molecular formula is C32H33Cl2N3O5. The molecule has 0 saturated heterocycles. The fraction of sp³-hybridized carbons (Fsp3) is 0.344. The number of nitrogens with zero attached hydrogens (tertiary/aromatic N) is 1. The maximum Gasteiger partial charge on any atom is 0.307 e. The van der Waals surface area contributed by atoms with Crippen molar-refractivity contribution in [3.63, 3.8) is 0 Å². The van der Waals surface area contributed by atoms with Gasteiger partial charge in [0.15, 0.2) is 0 Å². The summed E-state index contributed by atoms with van der Waals surface area (Å²) in [5, 5.41) is 13.2. The minimum atomic E-state index is -0.906. The van der Waals surface area contributed by atoms with Crippen molar-refractivity contribution in [2.45, 2.75) is 62.8 Å². The van der Waals surface area contributed by atoms with Crippen molar-refractivity contribution >= 4 is 41.0 Å². The molecule has 0 radical (unpaired) electrons. The minimum absolute atomic E-state index is 0.0607. The van der Waals surface area contributed by atoms with Gasteiger partial charge in [-0.05, 0) is 60.3 Å². The number of hydroxylamine groups is 1. The van der Waals surface area contributed by atoms with E-state index in [1.54, 1.807) is 54.6 Å². The zero-order chi connectivity index (χ0) is 29.8. The number of nitrogens with one attached hydrogen (secondary N) is 2. The predicted molar refractivity (Wildman–Crippen MR) is 160 cm³/mol. The van der Waals surface area contributed by atoms with Crippen molar-refractivity contribution in [1.82, 2.24) is 15.7 Å². The first kappa shape index (κ1) is 30.0. The molecule has 8 nitrogen and oxygen atoms in total. The summed E-state index contributed by atoms with van der Waals surface area (Å²) in [4.78, 5) is 46.8. The van der Waals surface area contributed by atoms with Crippen LogP contribution in [0.3, 0.4) is 0 Å². The molecule has 5 rings (SSSR count). The second kappa shape index (κ2) is 13.3. The van der Waals surface area contributed by atoms with Crippen molar-refractivity contribution in [2.75, 3.05) is 7.05 Å². The highest BCUT2D eigenvalue weighted by Crippen LogP contribution is 2.47. The van der Waals surface area contributed by atoms with E-state index < -0.39 is 23.8 Å². The van der Waals surface area contributed by atoms with Gasteiger partial charge in [0.1, 0.15) is 0 Å². The van der Waals surface area contributed by atoms with E-state index in [1.165, 1.54) is 0 Å². The molecule has 10 heteroatoms. The summed E-state index contributed by atoms with van der Waals surface area (Å²) in [5.74, 6) is -2.26. The number of carboxylic acids is 1. The van der Waals surface area contributed by atoms with Crippen LogP contribution in [-0.2, 0) is 27.5 Å². The van der Waals surface area contributed by atoms with Crippen molar-refractivity contribution in [3.8, 4) is 0 Å². The number of carbonyl (C=O) groups excluding carboxylic acids is 2. The zero-order valence-electron chi connectivity index (χ0n) is 23.2. The Hall–Kier alpha value is -3.43. The van der Waals surface area contributed by atoms with Crippen LogP contribution in [0.25, 0.3) is 0 Å². The van der Waals surface area contributed by atoms with E-state index >= 15 is 0 Å². The van der Waals surface area contributed by atoms with Crippen LogP contribution in [0.15, 0.2) is 66.7 Å². The Labute approximate surface area is 254 Å². The lowest BCUT2D eigenvalue weighted by molar-refractivity contribution is -0.138. The summed E-state index contributed by atoms with van der Waals surface area (Å²) in [6, 6.07) is 18.5. The molecule has 2 aliphatic rings. The van der Waals surface area contributed by atoms with Crippen molar-refractivity contribution in [2.24, 2.45) is 0 Å². The van der Waals surface area contributed by atoms with Crippen LogP contribution >= 0.6 is 23.2 Å². The van der Waals surface area contributed by atoms with Gasteiger partial charge < -0.3 is 15.3 Å². The Morgan fingerprint density at radius 1 is 0.976 bits per heavy atom. The van der Waals surface area contributed by atoms with E-state index in [4.69, 9.17) is 33.1 Å². The molecule has 0 spiro atoms. The molecule has 1 aliphatic carbocycles. The molecule has 0 bridgehead atoms. The van der Waals surface area contributed by atoms with Crippen LogP contribution in [0, 0.1) is 0 Å². The lowest BCUT2D eigenvalue weighted by atomic mass is 9.76. The Bertz CT molecular complexity index is 1460. The van der Waals surface area contributed by atoms with Crippen LogP contribution in [-0.4, -0.2) is 46.9 Å². The number of aliphatic carboxylic acids is 1. The Morgan fingerprint density at radius 3 is 2.40 bits per heavy atom. The fourth-order valence-electron chi connectivity index (χ4n) is 6.23. The number of halogens is 2. The standard InChI is InChI=1S/C32H33Cl2N3O5/c1-35-26-8-4-5-9-27(26)37-30(24-15-14-21(33)17-25(24)34)29(22-6-2-3-7-23(22)32(37)41)31(40)36-42-18-20-12-10-19(11-13-20)16-28(38)39/h2-3,6-7,10-15,17,26-27,29-30,35H,4-5,8-9,16,18H2,1H3,(H,36,40)(H,38,39)/t26-,27-,29+,30-/m0/s1. The Morgan fingerprint density at radius 2 is 1.69 bits per heavy atom. The molecule has 4 atom stereocenters. The van der Waals surface area contributed by atoms with Crippen LogP contribution in [0.1, 0.15) is 70.3 Å². The van der Waals surface area contributed by atoms with E-state index in [1.807, 2.05) is 24.1 Å². The van der Waals surface area contributed by atoms with Crippen molar-refractivity contribution in [3.05, 3.63) is 105 Å². The second-order valence-electron chi connectivity index (χ2n) is 10.8. The van der Waals surface area contributed by atoms with Crippen molar-refractivity contribution in [1.29, 1.82) is 0 Å². The zero-order valence-corrected chi connectivity index (χ0v) is 24.7. The predicted octanol–water partition coefficient (Wildman–Crippen LogP) is 5.68. The largest absolute Gasteiger partial charge is 0.481 e. The third kappa shape index (κ3) is 6.32. The van der Waals surface area contributed by atoms with Gasteiger partial charge in [0.05, 0.1) is 25.0 Å². The summed E-state index contributed by atoms with van der Waals surface area (Å²) in [7, 11) is 1.90. The monoisotopic (exact) mass is 609 g/mol. The lowest BCUT2D eigenvalue weighted by Gasteiger charge is -2.49. The van der Waals surface area contributed by atoms with Gasteiger partial charge in [-0.15, -0.1) is 0 Å². The van der Waals surface area contributed by atoms with E-state index in [0.717, 1.165) is 31.2 Å². The number of rotatable bonds is 9. The smallest absolute Gasteiger partial charge is 0.307 e. The highest BCUT2D eigenvalue weighted by molar-refractivity contribution is 6.35. The van der Waals surface area contributed by atoms with E-state index in [2.05, 4.69) is 10.8 Å². The number of carboxylic acid groups (broad SMARTS) is 1. The van der Waals surface area contributed by atoms with Gasteiger partial charge in [-0.3, -0.25) is 19.2 Å². The molecule has 0 unspecified atom stereocenters. The highest BCUT2D eigenvalue weighted by atomic mass is 35.5. The van der Waals surface area contributed by atoms with E-state index in [-0.39, 0.29) is 31.0 Å². The molecule has 1 saturated carbocycles. The Kier molecular flexibility index (Phi) is 9.48. The average molecular weight is 611 g/mol. The molecule has 42 heavy (non-hydrogen) atoms. The first-order chi connectivity index (χ1) is 20.3. The van der Waals surface area contributed by atoms with Gasteiger partial charge in [0, 0.05) is 27.7 Å². The molecule has 1 heterocycles. The molecule has 2 amide bonds. The summed E-state index contributed by atoms with van der Waals surface area (Å²) < 4.78 is 0. The number of hydrogen-bond donors (Lipinski definition) is 3. The first-order valence-corrected chi connectivity index (χ1v) is 14.8. The fourth-order valence-corrected chi connectivity index (χ4v) is 6.75. The average Bonchev–Trinajstić information content (AvgIpc) is 2.98. The highest BCUT2D eigenvalue weighted by Gasteiger charge is 2.49. The van der Waals surface area contributed by atoms with E-state index in [0.29, 0.717) is 32.3 Å². The lowest BCUT2D eigenvalue weighted by Crippen LogP contribution is -2.58. The van der Waals surface area contributed by atoms with Gasteiger partial charge in [0.25, 0.3) is 11.8 Å². The molecule has 1 aliphatic heterocycles. The minimum Gasteiger partial charge on any atom is -0.481 e. The first-order valence-electron chi connectivity index (χ1n) is 14.0. The van der Waals surface area contributed by atoms with Crippen LogP contribution in [0.4, 0.5) is 0 Å². The molecule has 3 aromatic rings. The van der Waals surface area contributed by atoms with Crippen molar-refractivity contribution < 1.29 is 24.3 Å². The summed E-state index contributed by atoms with van der Waals surface area (Å²) >= 11 is 13.0. The maximum absolute atomic E-state index is 14.2. The van der Waals surface area contributed by atoms with Crippen LogP contribution < -0.4 is 10.8 Å². The SMILES string of the molecule is CN[C@H]1CCCC[C@@H]1N1C(=O)c2ccccc2[C@@H](C(=O)NOCc2ccc(CC(=O)O)cc2)[C@@H]1c1ccc(Cl)cc1Cl. The topological polar surface area (TPSA) is 108 Å². The number of carbonyl (C=O) groups is 3. The maximum atomic E-state index is 14.2. The third-order valence-electron chi connectivity index (χ3n) is 8.19. The summed E-state index contributed by atoms with van der Waals surface area (Å²) in [5.41, 5.74) is 5.78. The van der Waals surface area contributed by atoms with Gasteiger partial charge in [-0.1, -0.05) is 84.6 Å². The summed E-state index contributed by atoms with van der Waals surface area (Å²) in [6.07, 6.45) is 3.67. The molecule has 3 N–H and O–H groups in total. The number of likely N-dealkylation sites (N-methyl/N-ethyl adjacent to an activating group) is 1. The van der Waals surface area contributed by atoms with Crippen LogP contribution in [0.5, 0.6) is 0 Å².